The minimum atomic E-state index is -0.393. The number of ether oxygens (including phenoxy) is 1. The van der Waals surface area contributed by atoms with Crippen molar-refractivity contribution in [2.75, 3.05) is 11.9 Å². The first kappa shape index (κ1) is 21.9. The fourth-order valence-electron chi connectivity index (χ4n) is 3.79. The maximum atomic E-state index is 13.1. The maximum Gasteiger partial charge on any atom is 0.341 e. The predicted octanol–water partition coefficient (Wildman–Crippen LogP) is 6.93. The maximum absolute atomic E-state index is 13.1. The van der Waals surface area contributed by atoms with E-state index in [-0.39, 0.29) is 12.5 Å². The lowest BCUT2D eigenvalue weighted by Crippen LogP contribution is -2.16. The first-order chi connectivity index (χ1) is 14.9. The number of nitrogens with one attached hydrogen (secondary N) is 1. The highest BCUT2D eigenvalue weighted by Gasteiger charge is 2.28. The van der Waals surface area contributed by atoms with E-state index in [2.05, 4.69) is 5.32 Å². The second kappa shape index (κ2) is 9.07. The summed E-state index contributed by atoms with van der Waals surface area (Å²) in [6, 6.07) is 6.73. The van der Waals surface area contributed by atoms with Gasteiger partial charge in [-0.15, -0.1) is 11.3 Å². The molecule has 5 nitrogen and oxygen atoms in total. The van der Waals surface area contributed by atoms with Gasteiger partial charge in [0.2, 0.25) is 0 Å². The van der Waals surface area contributed by atoms with Gasteiger partial charge in [-0.2, -0.15) is 0 Å². The smallest absolute Gasteiger partial charge is 0.341 e. The van der Waals surface area contributed by atoms with Crippen molar-refractivity contribution in [2.24, 2.45) is 0 Å². The van der Waals surface area contributed by atoms with Crippen molar-refractivity contribution in [3.8, 4) is 11.3 Å². The lowest BCUT2D eigenvalue weighted by molar-refractivity contribution is 0.0526. The Morgan fingerprint density at radius 1 is 1.13 bits per heavy atom. The summed E-state index contributed by atoms with van der Waals surface area (Å²) in [6.45, 7) is 3.77. The number of carbonyl (C=O) groups excluding carboxylic acids is 2. The number of amides is 1. The fraction of sp³-hybridized carbons (Fsp3) is 0.304. The average Bonchev–Trinajstić information content (AvgIpc) is 3.27. The van der Waals surface area contributed by atoms with Crippen molar-refractivity contribution in [3.63, 3.8) is 0 Å². The van der Waals surface area contributed by atoms with Crippen molar-refractivity contribution in [1.82, 2.24) is 0 Å². The van der Waals surface area contributed by atoms with E-state index in [1.165, 1.54) is 11.3 Å². The molecule has 31 heavy (non-hydrogen) atoms. The van der Waals surface area contributed by atoms with Crippen molar-refractivity contribution in [2.45, 2.75) is 39.5 Å². The molecule has 8 heteroatoms. The summed E-state index contributed by atoms with van der Waals surface area (Å²) in [7, 11) is 0. The number of furan rings is 1. The number of esters is 1. The van der Waals surface area contributed by atoms with Gasteiger partial charge in [0, 0.05) is 20.5 Å². The van der Waals surface area contributed by atoms with Gasteiger partial charge >= 0.3 is 5.97 Å². The molecular weight excluding hydrogens is 457 g/mol. The monoisotopic (exact) mass is 477 g/mol. The van der Waals surface area contributed by atoms with Gasteiger partial charge in [-0.1, -0.05) is 23.2 Å². The van der Waals surface area contributed by atoms with Crippen LogP contribution in [0.15, 0.2) is 28.7 Å². The van der Waals surface area contributed by atoms with Crippen LogP contribution >= 0.6 is 34.5 Å². The third kappa shape index (κ3) is 4.52. The molecule has 0 aliphatic heterocycles. The summed E-state index contributed by atoms with van der Waals surface area (Å²) >= 11 is 13.6. The Bertz CT molecular complexity index is 1140. The lowest BCUT2D eigenvalue weighted by atomic mass is 9.95. The first-order valence-corrected chi connectivity index (χ1v) is 11.6. The molecular formula is C23H21Cl2NO4S. The Kier molecular flexibility index (Phi) is 6.42. The zero-order chi connectivity index (χ0) is 22.1. The number of rotatable bonds is 5. The molecule has 0 fully saturated rings. The molecule has 0 unspecified atom stereocenters. The van der Waals surface area contributed by atoms with E-state index < -0.39 is 5.97 Å². The highest BCUT2D eigenvalue weighted by molar-refractivity contribution is 7.17. The van der Waals surface area contributed by atoms with Crippen molar-refractivity contribution >= 4 is 51.4 Å². The van der Waals surface area contributed by atoms with Crippen LogP contribution in [0.5, 0.6) is 0 Å². The number of hydrogen-bond acceptors (Lipinski definition) is 5. The van der Waals surface area contributed by atoms with Crippen LogP contribution in [0.3, 0.4) is 0 Å². The van der Waals surface area contributed by atoms with E-state index in [9.17, 15) is 9.59 Å². The molecule has 0 bridgehead atoms. The molecule has 0 saturated heterocycles. The number of benzene rings is 1. The molecule has 2 aromatic heterocycles. The second-order valence-corrected chi connectivity index (χ2v) is 9.31. The highest BCUT2D eigenvalue weighted by Crippen LogP contribution is 2.39. The number of anilines is 1. The van der Waals surface area contributed by atoms with Crippen LogP contribution in [-0.2, 0) is 17.6 Å². The molecule has 1 N–H and O–H groups in total. The SMILES string of the molecule is CCOC(=O)c1c(NC(=O)c2cc(-c3cc(Cl)cc(Cl)c3)oc2C)sc2c1CCCC2. The van der Waals surface area contributed by atoms with Crippen LogP contribution in [0.25, 0.3) is 11.3 Å². The number of halogens is 2. The predicted molar refractivity (Wildman–Crippen MR) is 124 cm³/mol. The molecule has 1 aliphatic carbocycles. The minimum Gasteiger partial charge on any atom is -0.462 e. The Morgan fingerprint density at radius 3 is 2.55 bits per heavy atom. The van der Waals surface area contributed by atoms with Gasteiger partial charge in [-0.05, 0) is 69.4 Å². The summed E-state index contributed by atoms with van der Waals surface area (Å²) < 4.78 is 11.1. The third-order valence-corrected chi connectivity index (χ3v) is 6.83. The molecule has 3 aromatic rings. The molecule has 0 spiro atoms. The molecule has 1 amide bonds. The summed E-state index contributed by atoms with van der Waals surface area (Å²) in [4.78, 5) is 26.9. The second-order valence-electron chi connectivity index (χ2n) is 7.33. The number of fused-ring (bicyclic) bond motifs is 1. The fourth-order valence-corrected chi connectivity index (χ4v) is 5.59. The normalized spacial score (nSPS) is 13.0. The van der Waals surface area contributed by atoms with Crippen LogP contribution in [0.2, 0.25) is 10.0 Å². The van der Waals surface area contributed by atoms with E-state index in [1.54, 1.807) is 38.1 Å². The van der Waals surface area contributed by atoms with Crippen molar-refractivity contribution < 1.29 is 18.7 Å². The summed E-state index contributed by atoms with van der Waals surface area (Å²) in [5.74, 6) is 0.214. The molecule has 1 aromatic carbocycles. The number of hydrogen-bond donors (Lipinski definition) is 1. The molecule has 0 atom stereocenters. The molecule has 162 valence electrons. The molecule has 1 aliphatic rings. The summed E-state index contributed by atoms with van der Waals surface area (Å²) in [5, 5.41) is 4.40. The van der Waals surface area contributed by atoms with Crippen LogP contribution < -0.4 is 5.32 Å². The van der Waals surface area contributed by atoms with Gasteiger partial charge < -0.3 is 14.5 Å². The number of aryl methyl sites for hydroxylation is 2. The standard InChI is InChI=1S/C23H21Cl2NO4S/c1-3-29-23(28)20-16-6-4-5-7-19(16)31-22(20)26-21(27)17-11-18(30-12(17)2)13-8-14(24)10-15(25)9-13/h8-11H,3-7H2,1-2H3,(H,26,27). The van der Waals surface area contributed by atoms with Gasteiger partial charge in [0.05, 0.1) is 17.7 Å². The van der Waals surface area contributed by atoms with Gasteiger partial charge in [-0.25, -0.2) is 4.79 Å². The number of carbonyl (C=O) groups is 2. The molecule has 4 rings (SSSR count). The largest absolute Gasteiger partial charge is 0.462 e. The summed E-state index contributed by atoms with van der Waals surface area (Å²) in [5.41, 5.74) is 2.55. The molecule has 0 saturated carbocycles. The highest BCUT2D eigenvalue weighted by atomic mass is 35.5. The van der Waals surface area contributed by atoms with Crippen LogP contribution in [0.1, 0.15) is 56.7 Å². The Morgan fingerprint density at radius 2 is 1.84 bits per heavy atom. The van der Waals surface area contributed by atoms with Crippen LogP contribution in [-0.4, -0.2) is 18.5 Å². The zero-order valence-electron chi connectivity index (χ0n) is 17.1. The van der Waals surface area contributed by atoms with E-state index in [4.69, 9.17) is 32.4 Å². The van der Waals surface area contributed by atoms with Gasteiger partial charge in [0.15, 0.2) is 0 Å². The topological polar surface area (TPSA) is 68.5 Å². The Balaban J connectivity index is 1.65. The van der Waals surface area contributed by atoms with E-state index >= 15 is 0 Å². The number of thiophene rings is 1. The quantitative estimate of drug-likeness (QED) is 0.404. The molecule has 2 heterocycles. The van der Waals surface area contributed by atoms with E-state index in [0.717, 1.165) is 36.1 Å². The zero-order valence-corrected chi connectivity index (χ0v) is 19.5. The third-order valence-electron chi connectivity index (χ3n) is 5.19. The Hall–Kier alpha value is -2.28. The molecule has 0 radical (unpaired) electrons. The van der Waals surface area contributed by atoms with Crippen molar-refractivity contribution in [1.29, 1.82) is 0 Å². The van der Waals surface area contributed by atoms with Crippen LogP contribution in [0.4, 0.5) is 5.00 Å². The van der Waals surface area contributed by atoms with Crippen LogP contribution in [0, 0.1) is 6.92 Å². The summed E-state index contributed by atoms with van der Waals surface area (Å²) in [6.07, 6.45) is 3.83. The van der Waals surface area contributed by atoms with Crippen molar-refractivity contribution in [3.05, 3.63) is 61.6 Å². The van der Waals surface area contributed by atoms with Gasteiger partial charge in [0.25, 0.3) is 5.91 Å². The minimum absolute atomic E-state index is 0.281. The van der Waals surface area contributed by atoms with Gasteiger partial charge in [0.1, 0.15) is 16.5 Å². The first-order valence-electron chi connectivity index (χ1n) is 10.1. The van der Waals surface area contributed by atoms with E-state index in [1.807, 2.05) is 0 Å². The average molecular weight is 478 g/mol. The van der Waals surface area contributed by atoms with Gasteiger partial charge in [-0.3, -0.25) is 4.79 Å². The van der Waals surface area contributed by atoms with E-state index in [0.29, 0.717) is 43.3 Å². The Labute approximate surface area is 194 Å². The lowest BCUT2D eigenvalue weighted by Gasteiger charge is -2.12.